The van der Waals surface area contributed by atoms with Crippen LogP contribution < -0.4 is 0 Å². The van der Waals surface area contributed by atoms with Crippen LogP contribution in [0.4, 0.5) is 22.0 Å². The Morgan fingerprint density at radius 1 is 1.17 bits per heavy atom. The van der Waals surface area contributed by atoms with E-state index in [1.165, 1.54) is 0 Å². The predicted octanol–water partition coefficient (Wildman–Crippen LogP) is 2.08. The van der Waals surface area contributed by atoms with E-state index in [0.29, 0.717) is 4.57 Å². The van der Waals surface area contributed by atoms with Crippen molar-refractivity contribution in [3.63, 3.8) is 0 Å². The van der Waals surface area contributed by atoms with Crippen molar-refractivity contribution in [3.05, 3.63) is 11.6 Å². The fourth-order valence-corrected chi connectivity index (χ4v) is 1.37. The molecule has 1 rings (SSSR count). The zero-order valence-corrected chi connectivity index (χ0v) is 9.67. The quantitative estimate of drug-likeness (QED) is 0.854. The smallest absolute Gasteiger partial charge is 0.388 e. The van der Waals surface area contributed by atoms with Crippen molar-refractivity contribution < 1.29 is 27.1 Å². The molecule has 0 radical (unpaired) electrons. The Bertz CT molecular complexity index is 413. The van der Waals surface area contributed by atoms with Crippen molar-refractivity contribution in [2.45, 2.75) is 39.1 Å². The third kappa shape index (κ3) is 2.60. The molecule has 0 amide bonds. The molecule has 0 aliphatic carbocycles. The van der Waals surface area contributed by atoms with Gasteiger partial charge in [0.2, 0.25) is 5.82 Å². The monoisotopic (exact) mass is 273 g/mol. The summed E-state index contributed by atoms with van der Waals surface area (Å²) in [5.41, 5.74) is 0. The van der Waals surface area contributed by atoms with Gasteiger partial charge in [-0.05, 0) is 5.92 Å². The topological polar surface area (TPSA) is 50.9 Å². The zero-order chi connectivity index (χ0) is 14.1. The lowest BCUT2D eigenvalue weighted by Gasteiger charge is -2.20. The van der Waals surface area contributed by atoms with E-state index in [2.05, 4.69) is 10.2 Å². The van der Waals surface area contributed by atoms with Crippen LogP contribution in [0.1, 0.15) is 25.5 Å². The lowest BCUT2D eigenvalue weighted by molar-refractivity contribution is -0.293. The van der Waals surface area contributed by atoms with Gasteiger partial charge in [-0.3, -0.25) is 0 Å². The predicted molar refractivity (Wildman–Crippen MR) is 50.7 cm³/mol. The van der Waals surface area contributed by atoms with E-state index in [1.54, 1.807) is 13.8 Å². The SMILES string of the molecule is CC(C)Cn1c(CO)nnc1C(F)(F)C(F)(F)F. The van der Waals surface area contributed by atoms with Gasteiger partial charge in [-0.25, -0.2) is 0 Å². The number of hydrogen-bond acceptors (Lipinski definition) is 3. The van der Waals surface area contributed by atoms with Crippen LogP contribution in [0.2, 0.25) is 0 Å². The summed E-state index contributed by atoms with van der Waals surface area (Å²) < 4.78 is 63.8. The van der Waals surface area contributed by atoms with E-state index in [1.807, 2.05) is 0 Å². The van der Waals surface area contributed by atoms with Crippen LogP contribution in [0.3, 0.4) is 0 Å². The van der Waals surface area contributed by atoms with E-state index < -0.39 is 24.5 Å². The van der Waals surface area contributed by atoms with Gasteiger partial charge in [0, 0.05) is 6.54 Å². The second-order valence-corrected chi connectivity index (χ2v) is 4.17. The third-order valence-electron chi connectivity index (χ3n) is 2.15. The van der Waals surface area contributed by atoms with Crippen molar-refractivity contribution in [1.29, 1.82) is 0 Å². The minimum atomic E-state index is -5.75. The summed E-state index contributed by atoms with van der Waals surface area (Å²) in [5, 5.41) is 14.9. The molecule has 1 aromatic rings. The number of aliphatic hydroxyl groups is 1. The molecule has 0 aliphatic rings. The molecular formula is C9H12F5N3O. The fraction of sp³-hybridized carbons (Fsp3) is 0.778. The molecule has 0 bridgehead atoms. The van der Waals surface area contributed by atoms with Crippen LogP contribution in [0.15, 0.2) is 0 Å². The van der Waals surface area contributed by atoms with Gasteiger partial charge in [-0.1, -0.05) is 13.8 Å². The Hall–Kier alpha value is -1.25. The number of aliphatic hydroxyl groups excluding tert-OH is 1. The Morgan fingerprint density at radius 2 is 1.72 bits per heavy atom. The second kappa shape index (κ2) is 4.79. The van der Waals surface area contributed by atoms with Gasteiger partial charge in [-0.15, -0.1) is 10.2 Å². The first-order valence-electron chi connectivity index (χ1n) is 5.09. The molecule has 1 heterocycles. The summed E-state index contributed by atoms with van der Waals surface area (Å²) in [6.45, 7) is 2.38. The molecule has 104 valence electrons. The Morgan fingerprint density at radius 3 is 2.11 bits per heavy atom. The van der Waals surface area contributed by atoms with Crippen LogP contribution in [0, 0.1) is 5.92 Å². The minimum Gasteiger partial charge on any atom is -0.388 e. The Kier molecular flexibility index (Phi) is 3.94. The van der Waals surface area contributed by atoms with Crippen molar-refractivity contribution in [2.75, 3.05) is 0 Å². The van der Waals surface area contributed by atoms with Crippen LogP contribution in [0.5, 0.6) is 0 Å². The van der Waals surface area contributed by atoms with Crippen molar-refractivity contribution >= 4 is 0 Å². The molecule has 0 unspecified atom stereocenters. The van der Waals surface area contributed by atoms with E-state index in [4.69, 9.17) is 5.11 Å². The Labute approximate surface area is 99.4 Å². The number of halogens is 5. The molecule has 0 saturated heterocycles. The summed E-state index contributed by atoms with van der Waals surface area (Å²) in [6, 6.07) is 0. The summed E-state index contributed by atoms with van der Waals surface area (Å²) >= 11 is 0. The van der Waals surface area contributed by atoms with E-state index >= 15 is 0 Å². The van der Waals surface area contributed by atoms with Gasteiger partial charge in [0.15, 0.2) is 5.82 Å². The maximum absolute atomic E-state index is 13.2. The highest BCUT2D eigenvalue weighted by molar-refractivity contribution is 5.05. The zero-order valence-electron chi connectivity index (χ0n) is 9.67. The van der Waals surface area contributed by atoms with E-state index in [9.17, 15) is 22.0 Å². The molecular weight excluding hydrogens is 261 g/mol. The average molecular weight is 273 g/mol. The lowest BCUT2D eigenvalue weighted by Crippen LogP contribution is -2.37. The van der Waals surface area contributed by atoms with Crippen molar-refractivity contribution in [1.82, 2.24) is 14.8 Å². The Balaban J connectivity index is 3.28. The van der Waals surface area contributed by atoms with Gasteiger partial charge in [0.25, 0.3) is 0 Å². The molecule has 0 fully saturated rings. The highest BCUT2D eigenvalue weighted by Gasteiger charge is 2.62. The van der Waals surface area contributed by atoms with Crippen molar-refractivity contribution in [3.8, 4) is 0 Å². The first kappa shape index (κ1) is 14.8. The minimum absolute atomic E-state index is 0.135. The van der Waals surface area contributed by atoms with Gasteiger partial charge in [0.05, 0.1) is 0 Å². The number of hydrogen-bond donors (Lipinski definition) is 1. The lowest BCUT2D eigenvalue weighted by atomic mass is 10.2. The van der Waals surface area contributed by atoms with Crippen LogP contribution in [-0.2, 0) is 19.1 Å². The normalized spacial score (nSPS) is 13.4. The highest BCUT2D eigenvalue weighted by atomic mass is 19.4. The molecule has 0 aliphatic heterocycles. The number of alkyl halides is 5. The van der Waals surface area contributed by atoms with E-state index in [0.717, 1.165) is 0 Å². The van der Waals surface area contributed by atoms with Gasteiger partial charge in [-0.2, -0.15) is 22.0 Å². The average Bonchev–Trinajstić information content (AvgIpc) is 2.58. The maximum Gasteiger partial charge on any atom is 0.461 e. The summed E-state index contributed by atoms with van der Waals surface area (Å²) in [4.78, 5) is 0. The molecule has 0 aromatic carbocycles. The largest absolute Gasteiger partial charge is 0.461 e. The molecule has 0 spiro atoms. The molecule has 18 heavy (non-hydrogen) atoms. The number of aromatic nitrogens is 3. The first-order chi connectivity index (χ1) is 8.11. The van der Waals surface area contributed by atoms with Gasteiger partial charge >= 0.3 is 12.1 Å². The standard InChI is InChI=1S/C9H12F5N3O/c1-5(2)3-17-6(4-18)15-16-7(17)8(10,11)9(12,13)14/h5,18H,3-4H2,1-2H3. The second-order valence-electron chi connectivity index (χ2n) is 4.17. The summed E-state index contributed by atoms with van der Waals surface area (Å²) in [6.07, 6.45) is -5.75. The molecule has 0 saturated carbocycles. The van der Waals surface area contributed by atoms with Crippen LogP contribution in [0.25, 0.3) is 0 Å². The maximum atomic E-state index is 13.2. The van der Waals surface area contributed by atoms with Crippen molar-refractivity contribution in [2.24, 2.45) is 5.92 Å². The molecule has 4 nitrogen and oxygen atoms in total. The summed E-state index contributed by atoms with van der Waals surface area (Å²) in [5.74, 6) is -7.10. The summed E-state index contributed by atoms with van der Waals surface area (Å²) in [7, 11) is 0. The molecule has 1 N–H and O–H groups in total. The highest BCUT2D eigenvalue weighted by Crippen LogP contribution is 2.43. The molecule has 1 aromatic heterocycles. The fourth-order valence-electron chi connectivity index (χ4n) is 1.37. The molecule has 9 heteroatoms. The van der Waals surface area contributed by atoms with Crippen LogP contribution >= 0.6 is 0 Å². The number of nitrogens with zero attached hydrogens (tertiary/aromatic N) is 3. The van der Waals surface area contributed by atoms with Crippen LogP contribution in [-0.4, -0.2) is 26.0 Å². The third-order valence-corrected chi connectivity index (χ3v) is 2.15. The number of rotatable bonds is 4. The van der Waals surface area contributed by atoms with E-state index in [-0.39, 0.29) is 18.3 Å². The molecule has 0 atom stereocenters. The first-order valence-corrected chi connectivity index (χ1v) is 5.09. The van der Waals surface area contributed by atoms with Gasteiger partial charge < -0.3 is 9.67 Å². The van der Waals surface area contributed by atoms with Gasteiger partial charge in [0.1, 0.15) is 6.61 Å².